The molecule has 0 atom stereocenters. The molecule has 1 N–H and O–H groups in total. The topological polar surface area (TPSA) is 41.5 Å². The molecular formula is C18H16N2O. The Morgan fingerprint density at radius 3 is 2.24 bits per heavy atom. The minimum Gasteiger partial charge on any atom is -0.329 e. The summed E-state index contributed by atoms with van der Waals surface area (Å²) >= 11 is 0. The normalized spacial score (nSPS) is 11.4. The van der Waals surface area contributed by atoms with Crippen LogP contribution in [0.3, 0.4) is 0 Å². The molecule has 2 aromatic carbocycles. The van der Waals surface area contributed by atoms with Crippen LogP contribution in [0.2, 0.25) is 0 Å². The predicted molar refractivity (Wildman–Crippen MR) is 86.8 cm³/mol. The smallest absolute Gasteiger partial charge is 0.255 e. The Morgan fingerprint density at radius 1 is 0.857 bits per heavy atom. The number of rotatable bonds is 5. The average Bonchev–Trinajstić information content (AvgIpc) is 2.55. The molecule has 3 heteroatoms. The zero-order chi connectivity index (χ0) is 14.8. The molecule has 0 bridgehead atoms. The van der Waals surface area contributed by atoms with Crippen LogP contribution in [0.5, 0.6) is 0 Å². The molecule has 2 rings (SSSR count). The summed E-state index contributed by atoms with van der Waals surface area (Å²) < 4.78 is 0. The quantitative estimate of drug-likeness (QED) is 0.653. The van der Waals surface area contributed by atoms with Gasteiger partial charge in [-0.05, 0) is 36.4 Å². The first-order valence-corrected chi connectivity index (χ1v) is 6.63. The van der Waals surface area contributed by atoms with E-state index in [4.69, 9.17) is 0 Å². The number of amides is 1. The van der Waals surface area contributed by atoms with Crippen molar-refractivity contribution in [1.29, 1.82) is 0 Å². The number of hydrogen-bond acceptors (Lipinski definition) is 2. The van der Waals surface area contributed by atoms with Gasteiger partial charge in [0, 0.05) is 18.0 Å². The molecule has 0 aliphatic carbocycles. The van der Waals surface area contributed by atoms with Crippen LogP contribution in [0.15, 0.2) is 90.1 Å². The molecule has 0 fully saturated rings. The second-order valence-corrected chi connectivity index (χ2v) is 4.20. The van der Waals surface area contributed by atoms with Gasteiger partial charge in [0.05, 0.1) is 5.69 Å². The lowest BCUT2D eigenvalue weighted by atomic mass is 10.2. The number of benzene rings is 2. The number of carbonyl (C=O) groups excluding carboxylic acids is 1. The summed E-state index contributed by atoms with van der Waals surface area (Å²) in [6.45, 7) is 0. The molecule has 0 aliphatic heterocycles. The molecule has 0 saturated carbocycles. The van der Waals surface area contributed by atoms with Gasteiger partial charge >= 0.3 is 0 Å². The molecule has 104 valence electrons. The predicted octanol–water partition coefficient (Wildman–Crippen LogP) is 3.89. The molecule has 0 unspecified atom stereocenters. The average molecular weight is 276 g/mol. The van der Waals surface area contributed by atoms with E-state index >= 15 is 0 Å². The Bertz CT molecular complexity index is 643. The number of para-hydroxylation sites is 1. The molecule has 2 aromatic rings. The highest BCUT2D eigenvalue weighted by Gasteiger charge is 1.99. The molecule has 0 spiro atoms. The highest BCUT2D eigenvalue weighted by molar-refractivity contribution is 5.94. The van der Waals surface area contributed by atoms with E-state index < -0.39 is 0 Å². The van der Waals surface area contributed by atoms with Crippen molar-refractivity contribution >= 4 is 17.8 Å². The van der Waals surface area contributed by atoms with Crippen LogP contribution >= 0.6 is 0 Å². The number of hydrogen-bond donors (Lipinski definition) is 1. The van der Waals surface area contributed by atoms with Crippen molar-refractivity contribution in [2.75, 3.05) is 0 Å². The Hall–Kier alpha value is -2.94. The maximum Gasteiger partial charge on any atom is 0.255 e. The fourth-order valence-corrected chi connectivity index (χ4v) is 1.61. The maximum atomic E-state index is 11.7. The van der Waals surface area contributed by atoms with Crippen molar-refractivity contribution < 1.29 is 4.79 Å². The summed E-state index contributed by atoms with van der Waals surface area (Å²) in [7, 11) is 0. The Balaban J connectivity index is 1.77. The summed E-state index contributed by atoms with van der Waals surface area (Å²) in [5.74, 6) is -0.127. The van der Waals surface area contributed by atoms with E-state index in [1.54, 1.807) is 42.8 Å². The van der Waals surface area contributed by atoms with E-state index in [9.17, 15) is 4.79 Å². The van der Waals surface area contributed by atoms with E-state index in [-0.39, 0.29) is 5.91 Å². The van der Waals surface area contributed by atoms with Crippen LogP contribution in [-0.4, -0.2) is 12.1 Å². The van der Waals surface area contributed by atoms with Crippen LogP contribution in [-0.2, 0) is 0 Å². The molecule has 0 aromatic heterocycles. The van der Waals surface area contributed by atoms with Gasteiger partial charge < -0.3 is 5.32 Å². The fourth-order valence-electron chi connectivity index (χ4n) is 1.61. The second kappa shape index (κ2) is 8.27. The third-order valence-electron chi connectivity index (χ3n) is 2.63. The first-order valence-electron chi connectivity index (χ1n) is 6.63. The molecule has 0 radical (unpaired) electrons. The Morgan fingerprint density at radius 2 is 1.52 bits per heavy atom. The molecule has 0 heterocycles. The van der Waals surface area contributed by atoms with Crippen LogP contribution in [0.4, 0.5) is 5.69 Å². The minimum absolute atomic E-state index is 0.127. The first-order chi connectivity index (χ1) is 10.4. The van der Waals surface area contributed by atoms with Crippen molar-refractivity contribution in [3.05, 3.63) is 90.7 Å². The molecule has 3 nitrogen and oxygen atoms in total. The fraction of sp³-hybridized carbons (Fsp3) is 0. The SMILES string of the molecule is O=C(N/C=C/C=C/C=Nc1ccccc1)c1ccccc1. The molecule has 1 amide bonds. The van der Waals surface area contributed by atoms with E-state index in [0.29, 0.717) is 5.56 Å². The van der Waals surface area contributed by atoms with E-state index in [2.05, 4.69) is 10.3 Å². The number of nitrogens with one attached hydrogen (secondary N) is 1. The lowest BCUT2D eigenvalue weighted by Gasteiger charge is -1.97. The van der Waals surface area contributed by atoms with Gasteiger partial charge in [-0.2, -0.15) is 0 Å². The summed E-state index contributed by atoms with van der Waals surface area (Å²) in [6, 6.07) is 18.8. The van der Waals surface area contributed by atoms with Crippen molar-refractivity contribution in [1.82, 2.24) is 5.32 Å². The Labute approximate surface area is 124 Å². The lowest BCUT2D eigenvalue weighted by Crippen LogP contribution is -2.16. The summed E-state index contributed by atoms with van der Waals surface area (Å²) in [6.07, 6.45) is 8.66. The Kier molecular flexibility index (Phi) is 5.70. The van der Waals surface area contributed by atoms with Gasteiger partial charge in [0.2, 0.25) is 0 Å². The van der Waals surface area contributed by atoms with Gasteiger partial charge in [-0.15, -0.1) is 0 Å². The van der Waals surface area contributed by atoms with Crippen molar-refractivity contribution in [3.63, 3.8) is 0 Å². The molecule has 21 heavy (non-hydrogen) atoms. The van der Waals surface area contributed by atoms with Crippen LogP contribution in [0.25, 0.3) is 0 Å². The second-order valence-electron chi connectivity index (χ2n) is 4.20. The zero-order valence-corrected chi connectivity index (χ0v) is 11.5. The summed E-state index contributed by atoms with van der Waals surface area (Å²) in [4.78, 5) is 16.0. The van der Waals surface area contributed by atoms with Gasteiger partial charge in [-0.1, -0.05) is 42.5 Å². The standard InChI is InChI=1S/C18H16N2O/c21-18(16-10-4-1-5-11-16)20-15-9-3-8-14-19-17-12-6-2-7-13-17/h1-15H,(H,20,21)/b8-3+,15-9+,19-14?. The monoisotopic (exact) mass is 276 g/mol. The molecule has 0 aliphatic rings. The third kappa shape index (κ3) is 5.28. The van der Waals surface area contributed by atoms with Gasteiger partial charge in [0.1, 0.15) is 0 Å². The van der Waals surface area contributed by atoms with Crippen molar-refractivity contribution in [2.45, 2.75) is 0 Å². The van der Waals surface area contributed by atoms with Gasteiger partial charge in [0.15, 0.2) is 0 Å². The largest absolute Gasteiger partial charge is 0.329 e. The molecule has 0 saturated heterocycles. The number of nitrogens with zero attached hydrogens (tertiary/aromatic N) is 1. The zero-order valence-electron chi connectivity index (χ0n) is 11.5. The lowest BCUT2D eigenvalue weighted by molar-refractivity contribution is 0.0970. The van der Waals surface area contributed by atoms with Crippen molar-refractivity contribution in [3.8, 4) is 0 Å². The van der Waals surface area contributed by atoms with Gasteiger partial charge in [-0.3, -0.25) is 9.79 Å². The van der Waals surface area contributed by atoms with Gasteiger partial charge in [0.25, 0.3) is 5.91 Å². The number of carbonyl (C=O) groups is 1. The maximum absolute atomic E-state index is 11.7. The number of aliphatic imine (C=N–C) groups is 1. The van der Waals surface area contributed by atoms with Crippen LogP contribution < -0.4 is 5.32 Å². The van der Waals surface area contributed by atoms with Crippen LogP contribution in [0.1, 0.15) is 10.4 Å². The first kappa shape index (κ1) is 14.5. The third-order valence-corrected chi connectivity index (χ3v) is 2.63. The van der Waals surface area contributed by atoms with Gasteiger partial charge in [-0.25, -0.2) is 0 Å². The van der Waals surface area contributed by atoms with Crippen molar-refractivity contribution in [2.24, 2.45) is 4.99 Å². The van der Waals surface area contributed by atoms with Crippen LogP contribution in [0, 0.1) is 0 Å². The highest BCUT2D eigenvalue weighted by Crippen LogP contribution is 2.08. The van der Waals surface area contributed by atoms with E-state index in [1.165, 1.54) is 0 Å². The summed E-state index contributed by atoms with van der Waals surface area (Å²) in [5, 5.41) is 2.69. The molecular weight excluding hydrogens is 260 g/mol. The van der Waals surface area contributed by atoms with E-state index in [1.807, 2.05) is 48.5 Å². The van der Waals surface area contributed by atoms with E-state index in [0.717, 1.165) is 5.69 Å². The summed E-state index contributed by atoms with van der Waals surface area (Å²) in [5.41, 5.74) is 1.54. The number of allylic oxidation sites excluding steroid dienone is 3. The highest BCUT2D eigenvalue weighted by atomic mass is 16.1. The minimum atomic E-state index is -0.127.